The Morgan fingerprint density at radius 3 is 2.87 bits per heavy atom. The van der Waals surface area contributed by atoms with Gasteiger partial charge < -0.3 is 9.97 Å². The zero-order valence-corrected chi connectivity index (χ0v) is 8.92. The Kier molecular flexibility index (Phi) is 2.46. The predicted molar refractivity (Wildman–Crippen MR) is 62.9 cm³/mol. The van der Waals surface area contributed by atoms with Crippen molar-refractivity contribution in [3.63, 3.8) is 0 Å². The van der Waals surface area contributed by atoms with Gasteiger partial charge in [-0.2, -0.15) is 0 Å². The fourth-order valence-corrected chi connectivity index (χ4v) is 1.88. The van der Waals surface area contributed by atoms with Crippen molar-refractivity contribution in [1.82, 2.24) is 9.97 Å². The normalized spacial score (nSPS) is 12.3. The zero-order valence-electron chi connectivity index (χ0n) is 8.92. The molecule has 0 fully saturated rings. The number of allylic oxidation sites excluding steroid dienone is 2. The van der Waals surface area contributed by atoms with Crippen molar-refractivity contribution in [2.45, 2.75) is 20.3 Å². The maximum absolute atomic E-state index is 11.2. The van der Waals surface area contributed by atoms with Crippen LogP contribution in [0.2, 0.25) is 0 Å². The van der Waals surface area contributed by atoms with Gasteiger partial charge in [-0.1, -0.05) is 25.1 Å². The molecule has 0 saturated heterocycles. The highest BCUT2D eigenvalue weighted by Crippen LogP contribution is 2.23. The van der Waals surface area contributed by atoms with Crippen molar-refractivity contribution in [3.8, 4) is 0 Å². The fraction of sp³-hybridized carbons (Fsp3) is 0.250. The van der Waals surface area contributed by atoms with Crippen molar-refractivity contribution >= 4 is 16.6 Å². The summed E-state index contributed by atoms with van der Waals surface area (Å²) in [5.41, 5.74) is 3.97. The average molecular weight is 202 g/mol. The molecule has 0 bridgehead atoms. The largest absolute Gasteiger partial charge is 0.323 e. The SMILES string of the molecule is CC=C(CC)c1cccc2[nH]c(=O)[nH]c12. The van der Waals surface area contributed by atoms with Crippen LogP contribution in [0.5, 0.6) is 0 Å². The number of fused-ring (bicyclic) bond motifs is 1. The molecule has 2 N–H and O–H groups in total. The Morgan fingerprint density at radius 1 is 1.40 bits per heavy atom. The molecule has 3 nitrogen and oxygen atoms in total. The molecule has 15 heavy (non-hydrogen) atoms. The third-order valence-corrected chi connectivity index (χ3v) is 2.63. The van der Waals surface area contributed by atoms with E-state index in [9.17, 15) is 4.79 Å². The zero-order chi connectivity index (χ0) is 10.8. The maximum atomic E-state index is 11.2. The fourth-order valence-electron chi connectivity index (χ4n) is 1.88. The first kappa shape index (κ1) is 9.77. The first-order valence-corrected chi connectivity index (χ1v) is 5.12. The van der Waals surface area contributed by atoms with Crippen LogP contribution in [0.3, 0.4) is 0 Å². The second-order valence-corrected chi connectivity index (χ2v) is 3.47. The molecule has 2 rings (SSSR count). The standard InChI is InChI=1S/C12H14N2O/c1-3-8(4-2)9-6-5-7-10-11(9)14-12(15)13-10/h3,5-7H,4H2,1-2H3,(H2,13,14,15). The molecule has 0 saturated carbocycles. The minimum Gasteiger partial charge on any atom is -0.306 e. The molecule has 2 aromatic rings. The maximum Gasteiger partial charge on any atom is 0.323 e. The number of hydrogen-bond donors (Lipinski definition) is 2. The van der Waals surface area contributed by atoms with E-state index in [1.54, 1.807) is 0 Å². The van der Waals surface area contributed by atoms with Gasteiger partial charge in [-0.25, -0.2) is 4.79 Å². The minimum atomic E-state index is -0.149. The number of aromatic nitrogens is 2. The highest BCUT2D eigenvalue weighted by atomic mass is 16.1. The molecule has 0 aliphatic carbocycles. The molecular formula is C12H14N2O. The van der Waals surface area contributed by atoms with Gasteiger partial charge in [0.2, 0.25) is 0 Å². The van der Waals surface area contributed by atoms with Gasteiger partial charge in [-0.05, 0) is 25.0 Å². The first-order chi connectivity index (χ1) is 7.26. The lowest BCUT2D eigenvalue weighted by Crippen LogP contribution is -1.99. The van der Waals surface area contributed by atoms with E-state index in [0.29, 0.717) is 0 Å². The Morgan fingerprint density at radius 2 is 2.20 bits per heavy atom. The van der Waals surface area contributed by atoms with Gasteiger partial charge in [-0.15, -0.1) is 0 Å². The number of rotatable bonds is 2. The molecule has 0 aliphatic heterocycles. The molecule has 0 spiro atoms. The van der Waals surface area contributed by atoms with Crippen molar-refractivity contribution in [3.05, 3.63) is 40.3 Å². The number of imidazole rings is 1. The van der Waals surface area contributed by atoms with Crippen molar-refractivity contribution in [2.75, 3.05) is 0 Å². The Bertz CT molecular complexity index is 560. The summed E-state index contributed by atoms with van der Waals surface area (Å²) in [7, 11) is 0. The summed E-state index contributed by atoms with van der Waals surface area (Å²) in [6, 6.07) is 5.89. The minimum absolute atomic E-state index is 0.149. The van der Waals surface area contributed by atoms with Gasteiger partial charge >= 0.3 is 5.69 Å². The summed E-state index contributed by atoms with van der Waals surface area (Å²) in [6.07, 6.45) is 3.04. The Labute approximate surface area is 87.8 Å². The van der Waals surface area contributed by atoms with E-state index in [1.807, 2.05) is 25.1 Å². The summed E-state index contributed by atoms with van der Waals surface area (Å²) in [6.45, 7) is 4.13. The molecule has 3 heteroatoms. The van der Waals surface area contributed by atoms with Gasteiger partial charge in [0.25, 0.3) is 0 Å². The van der Waals surface area contributed by atoms with E-state index in [-0.39, 0.29) is 5.69 Å². The second-order valence-electron chi connectivity index (χ2n) is 3.47. The molecule has 0 aliphatic rings. The first-order valence-electron chi connectivity index (χ1n) is 5.12. The van der Waals surface area contributed by atoms with Gasteiger partial charge in [-0.3, -0.25) is 0 Å². The number of nitrogens with one attached hydrogen (secondary N) is 2. The Hall–Kier alpha value is -1.77. The van der Waals surface area contributed by atoms with Crippen molar-refractivity contribution in [2.24, 2.45) is 0 Å². The number of aromatic amines is 2. The Balaban J connectivity index is 2.75. The van der Waals surface area contributed by atoms with Crippen LogP contribution in [-0.2, 0) is 0 Å². The van der Waals surface area contributed by atoms with Crippen LogP contribution in [0.15, 0.2) is 29.1 Å². The lowest BCUT2D eigenvalue weighted by molar-refractivity contribution is 1.21. The molecule has 0 amide bonds. The monoisotopic (exact) mass is 202 g/mol. The lowest BCUT2D eigenvalue weighted by atomic mass is 10.0. The summed E-state index contributed by atoms with van der Waals surface area (Å²) >= 11 is 0. The number of H-pyrrole nitrogens is 2. The quantitative estimate of drug-likeness (QED) is 0.772. The van der Waals surface area contributed by atoms with Gasteiger partial charge in [0.05, 0.1) is 11.0 Å². The molecule has 78 valence electrons. The topological polar surface area (TPSA) is 48.6 Å². The van der Waals surface area contributed by atoms with E-state index < -0.39 is 0 Å². The van der Waals surface area contributed by atoms with Crippen LogP contribution in [0.25, 0.3) is 16.6 Å². The number of hydrogen-bond acceptors (Lipinski definition) is 1. The summed E-state index contributed by atoms with van der Waals surface area (Å²) in [4.78, 5) is 16.8. The van der Waals surface area contributed by atoms with E-state index in [0.717, 1.165) is 23.0 Å². The van der Waals surface area contributed by atoms with Crippen molar-refractivity contribution in [1.29, 1.82) is 0 Å². The smallest absolute Gasteiger partial charge is 0.306 e. The molecule has 0 atom stereocenters. The number of benzene rings is 1. The molecule has 1 aromatic carbocycles. The van der Waals surface area contributed by atoms with E-state index in [4.69, 9.17) is 0 Å². The van der Waals surface area contributed by atoms with Gasteiger partial charge in [0, 0.05) is 5.56 Å². The van der Waals surface area contributed by atoms with Gasteiger partial charge in [0.1, 0.15) is 0 Å². The van der Waals surface area contributed by atoms with Gasteiger partial charge in [0.15, 0.2) is 0 Å². The van der Waals surface area contributed by atoms with Crippen LogP contribution in [0, 0.1) is 0 Å². The molecule has 0 unspecified atom stereocenters. The lowest BCUT2D eigenvalue weighted by Gasteiger charge is -2.04. The van der Waals surface area contributed by atoms with Crippen LogP contribution < -0.4 is 5.69 Å². The van der Waals surface area contributed by atoms with Crippen LogP contribution in [0.1, 0.15) is 25.8 Å². The number of para-hydroxylation sites is 1. The van der Waals surface area contributed by atoms with Crippen LogP contribution >= 0.6 is 0 Å². The second kappa shape index (κ2) is 3.77. The van der Waals surface area contributed by atoms with E-state index in [1.165, 1.54) is 5.57 Å². The van der Waals surface area contributed by atoms with Crippen LogP contribution in [0.4, 0.5) is 0 Å². The summed E-state index contributed by atoms with van der Waals surface area (Å²) in [5.74, 6) is 0. The van der Waals surface area contributed by atoms with E-state index >= 15 is 0 Å². The van der Waals surface area contributed by atoms with Crippen molar-refractivity contribution < 1.29 is 0 Å². The molecule has 1 aromatic heterocycles. The van der Waals surface area contributed by atoms with E-state index in [2.05, 4.69) is 23.0 Å². The molecule has 0 radical (unpaired) electrons. The average Bonchev–Trinajstić information content (AvgIpc) is 2.61. The summed E-state index contributed by atoms with van der Waals surface area (Å²) in [5, 5.41) is 0. The summed E-state index contributed by atoms with van der Waals surface area (Å²) < 4.78 is 0. The third-order valence-electron chi connectivity index (χ3n) is 2.63. The third kappa shape index (κ3) is 1.61. The highest BCUT2D eigenvalue weighted by molar-refractivity contribution is 5.88. The molecular weight excluding hydrogens is 188 g/mol. The van der Waals surface area contributed by atoms with Crippen LogP contribution in [-0.4, -0.2) is 9.97 Å². The molecule has 1 heterocycles. The highest BCUT2D eigenvalue weighted by Gasteiger charge is 2.06. The predicted octanol–water partition coefficient (Wildman–Crippen LogP) is 2.67.